The molecule has 0 spiro atoms. The van der Waals surface area contributed by atoms with E-state index in [9.17, 15) is 17.6 Å². The molecule has 0 radical (unpaired) electrons. The van der Waals surface area contributed by atoms with Gasteiger partial charge in [0.15, 0.2) is 5.13 Å². The number of hydrogen-bond donors (Lipinski definition) is 1. The Hall–Kier alpha value is -2.18. The summed E-state index contributed by atoms with van der Waals surface area (Å²) in [6, 6.07) is 7.14. The highest BCUT2D eigenvalue weighted by Gasteiger charge is 2.28. The van der Waals surface area contributed by atoms with Crippen LogP contribution in [0.5, 0.6) is 0 Å². The van der Waals surface area contributed by atoms with Gasteiger partial charge in [0.1, 0.15) is 5.82 Å². The van der Waals surface area contributed by atoms with Crippen LogP contribution in [0, 0.1) is 12.7 Å². The molecule has 1 fully saturated rings. The first-order valence-corrected chi connectivity index (χ1v) is 12.2. The lowest BCUT2D eigenvalue weighted by atomic mass is 10.2. The van der Waals surface area contributed by atoms with Crippen molar-refractivity contribution in [2.75, 3.05) is 31.6 Å². The second-order valence-corrected chi connectivity index (χ2v) is 10.6. The molecule has 3 heterocycles. The predicted octanol–water partition coefficient (Wildman–Crippen LogP) is 3.59. The zero-order chi connectivity index (χ0) is 21.3. The fourth-order valence-electron chi connectivity index (χ4n) is 2.96. The van der Waals surface area contributed by atoms with E-state index >= 15 is 0 Å². The molecule has 1 aliphatic heterocycles. The number of nitrogens with zero attached hydrogens (tertiary/aromatic N) is 2. The number of ether oxygens (including phenoxy) is 1. The Bertz CT molecular complexity index is 1180. The first kappa shape index (κ1) is 21.1. The lowest BCUT2D eigenvalue weighted by Crippen LogP contribution is -2.40. The summed E-state index contributed by atoms with van der Waals surface area (Å²) in [4.78, 5) is 19.0. The first-order valence-electron chi connectivity index (χ1n) is 9.06. The van der Waals surface area contributed by atoms with Crippen LogP contribution < -0.4 is 5.32 Å². The molecule has 1 N–H and O–H groups in total. The van der Waals surface area contributed by atoms with Crippen molar-refractivity contribution in [1.29, 1.82) is 0 Å². The number of sulfonamides is 1. The van der Waals surface area contributed by atoms with Gasteiger partial charge in [-0.25, -0.2) is 17.8 Å². The number of amides is 1. The third-order valence-electron chi connectivity index (χ3n) is 4.51. The fraction of sp³-hybridized carbons (Fsp3) is 0.263. The maximum Gasteiger partial charge on any atom is 0.260 e. The minimum absolute atomic E-state index is 0.134. The lowest BCUT2D eigenvalue weighted by Gasteiger charge is -2.26. The summed E-state index contributed by atoms with van der Waals surface area (Å²) in [7, 11) is -3.84. The van der Waals surface area contributed by atoms with E-state index in [1.807, 2.05) is 19.1 Å². The van der Waals surface area contributed by atoms with Gasteiger partial charge in [0.05, 0.1) is 34.2 Å². The second-order valence-electron chi connectivity index (χ2n) is 6.56. The molecule has 2 aromatic heterocycles. The van der Waals surface area contributed by atoms with E-state index in [4.69, 9.17) is 4.74 Å². The van der Waals surface area contributed by atoms with Crippen LogP contribution in [-0.4, -0.2) is 49.9 Å². The number of carbonyl (C=O) groups is 1. The van der Waals surface area contributed by atoms with Gasteiger partial charge in [-0.15, -0.1) is 22.7 Å². The van der Waals surface area contributed by atoms with E-state index in [-0.39, 0.29) is 23.5 Å². The average Bonchev–Trinajstić information content (AvgIpc) is 3.37. The number of aromatic nitrogens is 1. The molecule has 158 valence electrons. The molecule has 0 saturated carbocycles. The van der Waals surface area contributed by atoms with Crippen LogP contribution in [0.15, 0.2) is 40.6 Å². The molecular formula is C19H18FN3O4S3. The molecule has 7 nitrogen and oxygen atoms in total. The summed E-state index contributed by atoms with van der Waals surface area (Å²) in [5.41, 5.74) is 0.366. The Morgan fingerprint density at radius 3 is 2.70 bits per heavy atom. The van der Waals surface area contributed by atoms with Crippen molar-refractivity contribution in [1.82, 2.24) is 9.29 Å². The normalized spacial score (nSPS) is 15.3. The van der Waals surface area contributed by atoms with Crippen LogP contribution in [-0.2, 0) is 14.8 Å². The molecule has 30 heavy (non-hydrogen) atoms. The Balaban J connectivity index is 1.56. The topological polar surface area (TPSA) is 88.6 Å². The number of rotatable bonds is 5. The van der Waals surface area contributed by atoms with Crippen molar-refractivity contribution < 1.29 is 22.3 Å². The van der Waals surface area contributed by atoms with Crippen molar-refractivity contribution in [2.24, 2.45) is 0 Å². The maximum atomic E-state index is 14.3. The number of aryl methyl sites for hydroxylation is 1. The monoisotopic (exact) mass is 467 g/mol. The van der Waals surface area contributed by atoms with Gasteiger partial charge in [-0.05, 0) is 37.3 Å². The lowest BCUT2D eigenvalue weighted by molar-refractivity contribution is 0.0730. The van der Waals surface area contributed by atoms with Gasteiger partial charge >= 0.3 is 0 Å². The SMILES string of the molecule is Cc1ccc(-c2csc(NC(=O)c3cc(S(=O)(=O)N4CCOCC4)ccc3F)n2)s1. The van der Waals surface area contributed by atoms with E-state index in [1.54, 1.807) is 16.7 Å². The third-order valence-corrected chi connectivity index (χ3v) is 8.18. The van der Waals surface area contributed by atoms with Gasteiger partial charge in [0.25, 0.3) is 5.91 Å². The molecule has 1 aromatic carbocycles. The highest BCUT2D eigenvalue weighted by Crippen LogP contribution is 2.30. The summed E-state index contributed by atoms with van der Waals surface area (Å²) in [5.74, 6) is -1.56. The minimum Gasteiger partial charge on any atom is -0.379 e. The van der Waals surface area contributed by atoms with E-state index < -0.39 is 21.7 Å². The smallest absolute Gasteiger partial charge is 0.260 e. The number of benzene rings is 1. The number of thiophene rings is 1. The van der Waals surface area contributed by atoms with E-state index in [2.05, 4.69) is 10.3 Å². The van der Waals surface area contributed by atoms with Crippen LogP contribution in [0.4, 0.5) is 9.52 Å². The van der Waals surface area contributed by atoms with Crippen molar-refractivity contribution in [3.8, 4) is 10.6 Å². The number of thiazole rings is 1. The molecule has 1 aliphatic rings. The second kappa shape index (κ2) is 8.52. The van der Waals surface area contributed by atoms with E-state index in [0.29, 0.717) is 18.3 Å². The van der Waals surface area contributed by atoms with Crippen LogP contribution in [0.3, 0.4) is 0 Å². The zero-order valence-corrected chi connectivity index (χ0v) is 18.4. The summed E-state index contributed by atoms with van der Waals surface area (Å²) in [6.07, 6.45) is 0. The number of hydrogen-bond acceptors (Lipinski definition) is 7. The van der Waals surface area contributed by atoms with Crippen LogP contribution in [0.1, 0.15) is 15.2 Å². The molecule has 0 aliphatic carbocycles. The molecule has 4 rings (SSSR count). The van der Waals surface area contributed by atoms with Gasteiger partial charge in [0, 0.05) is 23.3 Å². The van der Waals surface area contributed by atoms with Crippen molar-refractivity contribution in [2.45, 2.75) is 11.8 Å². The van der Waals surface area contributed by atoms with Crippen molar-refractivity contribution >= 4 is 43.7 Å². The number of nitrogens with one attached hydrogen (secondary N) is 1. The Kier molecular flexibility index (Phi) is 5.98. The largest absolute Gasteiger partial charge is 0.379 e. The van der Waals surface area contributed by atoms with Crippen molar-refractivity contribution in [3.05, 3.63) is 52.0 Å². The Morgan fingerprint density at radius 2 is 2.00 bits per heavy atom. The Labute approximate surface area is 181 Å². The van der Waals surface area contributed by atoms with E-state index in [1.165, 1.54) is 15.6 Å². The molecular weight excluding hydrogens is 449 g/mol. The standard InChI is InChI=1S/C19H18FN3O4S3/c1-12-2-5-17(29-12)16-11-28-19(21-16)22-18(24)14-10-13(3-4-15(14)20)30(25,26)23-6-8-27-9-7-23/h2-5,10-11H,6-9H2,1H3,(H,21,22,24). The molecule has 0 atom stereocenters. The highest BCUT2D eigenvalue weighted by molar-refractivity contribution is 7.89. The zero-order valence-electron chi connectivity index (χ0n) is 15.9. The van der Waals surface area contributed by atoms with Gasteiger partial charge in [-0.1, -0.05) is 0 Å². The minimum atomic E-state index is -3.84. The van der Waals surface area contributed by atoms with Crippen LogP contribution in [0.25, 0.3) is 10.6 Å². The van der Waals surface area contributed by atoms with Crippen LogP contribution in [0.2, 0.25) is 0 Å². The summed E-state index contributed by atoms with van der Waals surface area (Å²) in [6.45, 7) is 3.01. The van der Waals surface area contributed by atoms with E-state index in [0.717, 1.165) is 33.6 Å². The maximum absolute atomic E-state index is 14.3. The molecule has 3 aromatic rings. The quantitative estimate of drug-likeness (QED) is 0.620. The van der Waals surface area contributed by atoms with Gasteiger partial charge in [-0.3, -0.25) is 10.1 Å². The fourth-order valence-corrected chi connectivity index (χ4v) is 6.00. The number of carbonyl (C=O) groups excluding carboxylic acids is 1. The molecule has 11 heteroatoms. The first-order chi connectivity index (χ1) is 14.3. The average molecular weight is 468 g/mol. The van der Waals surface area contributed by atoms with Gasteiger partial charge < -0.3 is 4.74 Å². The highest BCUT2D eigenvalue weighted by atomic mass is 32.2. The third kappa shape index (κ3) is 4.30. The summed E-state index contributed by atoms with van der Waals surface area (Å²) >= 11 is 2.80. The predicted molar refractivity (Wildman–Crippen MR) is 114 cm³/mol. The molecule has 0 bridgehead atoms. The summed E-state index contributed by atoms with van der Waals surface area (Å²) < 4.78 is 46.4. The molecule has 1 saturated heterocycles. The number of halogens is 1. The van der Waals surface area contributed by atoms with Gasteiger partial charge in [0.2, 0.25) is 10.0 Å². The van der Waals surface area contributed by atoms with Gasteiger partial charge in [-0.2, -0.15) is 4.31 Å². The molecule has 0 unspecified atom stereocenters. The Morgan fingerprint density at radius 1 is 1.23 bits per heavy atom. The van der Waals surface area contributed by atoms with Crippen molar-refractivity contribution in [3.63, 3.8) is 0 Å². The molecule has 1 amide bonds. The summed E-state index contributed by atoms with van der Waals surface area (Å²) in [5, 5.41) is 4.67. The number of anilines is 1. The van der Waals surface area contributed by atoms with Crippen LogP contribution >= 0.6 is 22.7 Å². The number of morpholine rings is 1.